The molecule has 0 atom stereocenters. The molecule has 0 spiro atoms. The number of piperidine rings is 2. The van der Waals surface area contributed by atoms with Crippen LogP contribution in [0.5, 0.6) is 0 Å². The second-order valence-corrected chi connectivity index (χ2v) is 7.47. The number of carbonyl (C=O) groups excluding carboxylic acids is 1. The first-order valence-corrected chi connectivity index (χ1v) is 9.76. The first kappa shape index (κ1) is 19.0. The van der Waals surface area contributed by atoms with E-state index in [1.807, 2.05) is 31.0 Å². The van der Waals surface area contributed by atoms with Gasteiger partial charge in [-0.2, -0.15) is 0 Å². The van der Waals surface area contributed by atoms with E-state index in [0.717, 1.165) is 70.1 Å². The highest BCUT2D eigenvalue weighted by Crippen LogP contribution is 2.27. The summed E-state index contributed by atoms with van der Waals surface area (Å²) in [5, 5.41) is 18.5. The third-order valence-electron chi connectivity index (χ3n) is 5.66. The molecule has 1 amide bonds. The van der Waals surface area contributed by atoms with Crippen molar-refractivity contribution >= 4 is 5.91 Å². The van der Waals surface area contributed by atoms with E-state index >= 15 is 0 Å². The van der Waals surface area contributed by atoms with E-state index in [-0.39, 0.29) is 12.0 Å². The van der Waals surface area contributed by atoms with Gasteiger partial charge in [0.1, 0.15) is 11.6 Å². The molecule has 2 aliphatic heterocycles. The Morgan fingerprint density at radius 3 is 2.50 bits per heavy atom. The third kappa shape index (κ3) is 4.51. The molecule has 7 nitrogen and oxygen atoms in total. The number of amides is 1. The molecule has 3 heterocycles. The van der Waals surface area contributed by atoms with E-state index in [1.54, 1.807) is 0 Å². The van der Waals surface area contributed by atoms with E-state index < -0.39 is 0 Å². The Labute approximate surface area is 155 Å². The number of hydrogen-bond acceptors (Lipinski definition) is 5. The van der Waals surface area contributed by atoms with Crippen molar-refractivity contribution in [1.29, 1.82) is 0 Å². The molecule has 2 aliphatic rings. The van der Waals surface area contributed by atoms with Crippen molar-refractivity contribution in [3.63, 3.8) is 0 Å². The lowest BCUT2D eigenvalue weighted by Gasteiger charge is -2.31. The molecule has 2 fully saturated rings. The van der Waals surface area contributed by atoms with Crippen LogP contribution in [-0.2, 0) is 18.4 Å². The molecule has 7 heteroatoms. The quantitative estimate of drug-likeness (QED) is 0.804. The molecule has 0 saturated carbocycles. The van der Waals surface area contributed by atoms with Crippen molar-refractivity contribution in [1.82, 2.24) is 24.6 Å². The van der Waals surface area contributed by atoms with Crippen LogP contribution in [0, 0.1) is 0 Å². The summed E-state index contributed by atoms with van der Waals surface area (Å²) in [7, 11) is 2.05. The molecular formula is C19H31N5O2. The predicted octanol–water partition coefficient (Wildman–Crippen LogP) is 1.44. The monoisotopic (exact) mass is 361 g/mol. The second kappa shape index (κ2) is 8.77. The zero-order valence-corrected chi connectivity index (χ0v) is 16.0. The van der Waals surface area contributed by atoms with Crippen LogP contribution in [0.25, 0.3) is 0 Å². The molecule has 0 aliphatic carbocycles. The molecule has 144 valence electrons. The van der Waals surface area contributed by atoms with E-state index in [2.05, 4.69) is 19.7 Å². The fourth-order valence-corrected chi connectivity index (χ4v) is 3.88. The van der Waals surface area contributed by atoms with Crippen molar-refractivity contribution in [2.75, 3.05) is 26.2 Å². The van der Waals surface area contributed by atoms with Crippen LogP contribution >= 0.6 is 0 Å². The second-order valence-electron chi connectivity index (χ2n) is 7.47. The molecule has 26 heavy (non-hydrogen) atoms. The van der Waals surface area contributed by atoms with Gasteiger partial charge in [-0.25, -0.2) is 0 Å². The number of likely N-dealkylation sites (tertiary alicyclic amines) is 2. The molecule has 0 unspecified atom stereocenters. The summed E-state index contributed by atoms with van der Waals surface area (Å²) in [6.07, 6.45) is 7.77. The Hall–Kier alpha value is -1.73. The number of carbonyl (C=O) groups is 1. The molecule has 0 aromatic carbocycles. The number of aromatic nitrogens is 3. The van der Waals surface area contributed by atoms with Crippen molar-refractivity contribution in [3.05, 3.63) is 23.8 Å². The van der Waals surface area contributed by atoms with Gasteiger partial charge in [-0.05, 0) is 32.6 Å². The Morgan fingerprint density at radius 1 is 1.15 bits per heavy atom. The van der Waals surface area contributed by atoms with Crippen LogP contribution in [0.15, 0.2) is 12.2 Å². The average Bonchev–Trinajstić information content (AvgIpc) is 3.02. The smallest absolute Gasteiger partial charge is 0.226 e. The minimum Gasteiger partial charge on any atom is -0.393 e. The van der Waals surface area contributed by atoms with Gasteiger partial charge < -0.3 is 14.6 Å². The SMILES string of the molecule is C/C=C/CC(=O)N1CCC(c2nnc(CN3CCC(O)CC3)n2C)CC1. The predicted molar refractivity (Wildman–Crippen MR) is 99.5 cm³/mol. The fourth-order valence-electron chi connectivity index (χ4n) is 3.88. The summed E-state index contributed by atoms with van der Waals surface area (Å²) in [6.45, 7) is 6.15. The number of nitrogens with zero attached hydrogens (tertiary/aromatic N) is 5. The molecular weight excluding hydrogens is 330 g/mol. The van der Waals surface area contributed by atoms with Gasteiger partial charge in [-0.15, -0.1) is 10.2 Å². The third-order valence-corrected chi connectivity index (χ3v) is 5.66. The lowest BCUT2D eigenvalue weighted by molar-refractivity contribution is -0.131. The summed E-state index contributed by atoms with van der Waals surface area (Å²) in [6, 6.07) is 0. The maximum Gasteiger partial charge on any atom is 0.226 e. The van der Waals surface area contributed by atoms with Gasteiger partial charge in [0.15, 0.2) is 0 Å². The first-order chi connectivity index (χ1) is 12.6. The van der Waals surface area contributed by atoms with Crippen LogP contribution < -0.4 is 0 Å². The van der Waals surface area contributed by atoms with Crippen molar-refractivity contribution in [2.24, 2.45) is 7.05 Å². The van der Waals surface area contributed by atoms with E-state index in [1.165, 1.54) is 0 Å². The van der Waals surface area contributed by atoms with Crippen LogP contribution in [0.1, 0.15) is 56.6 Å². The Bertz CT molecular complexity index is 626. The van der Waals surface area contributed by atoms with Crippen LogP contribution in [0.2, 0.25) is 0 Å². The average molecular weight is 361 g/mol. The molecule has 1 aromatic rings. The van der Waals surface area contributed by atoms with Crippen LogP contribution in [0.3, 0.4) is 0 Å². The Balaban J connectivity index is 1.54. The van der Waals surface area contributed by atoms with Crippen molar-refractivity contribution in [3.8, 4) is 0 Å². The highest BCUT2D eigenvalue weighted by Gasteiger charge is 2.27. The van der Waals surface area contributed by atoms with E-state index in [0.29, 0.717) is 12.3 Å². The van der Waals surface area contributed by atoms with Gasteiger partial charge in [0.25, 0.3) is 0 Å². The summed E-state index contributed by atoms with van der Waals surface area (Å²) >= 11 is 0. The largest absolute Gasteiger partial charge is 0.393 e. The molecule has 0 radical (unpaired) electrons. The van der Waals surface area contributed by atoms with Crippen molar-refractivity contribution in [2.45, 2.75) is 57.6 Å². The lowest BCUT2D eigenvalue weighted by atomic mass is 9.95. The maximum atomic E-state index is 12.1. The highest BCUT2D eigenvalue weighted by atomic mass is 16.3. The van der Waals surface area contributed by atoms with Crippen molar-refractivity contribution < 1.29 is 9.90 Å². The zero-order chi connectivity index (χ0) is 18.5. The molecule has 1 aromatic heterocycles. The maximum absolute atomic E-state index is 12.1. The summed E-state index contributed by atoms with van der Waals surface area (Å²) in [5.74, 6) is 2.61. The molecule has 3 rings (SSSR count). The van der Waals surface area contributed by atoms with Gasteiger partial charge in [-0.1, -0.05) is 12.2 Å². The molecule has 1 N–H and O–H groups in total. The van der Waals surface area contributed by atoms with Gasteiger partial charge in [-0.3, -0.25) is 9.69 Å². The minimum absolute atomic E-state index is 0.151. The summed E-state index contributed by atoms with van der Waals surface area (Å²) < 4.78 is 2.13. The van der Waals surface area contributed by atoms with Gasteiger partial charge in [0, 0.05) is 45.6 Å². The number of aliphatic hydroxyl groups is 1. The zero-order valence-electron chi connectivity index (χ0n) is 16.0. The fraction of sp³-hybridized carbons (Fsp3) is 0.737. The lowest BCUT2D eigenvalue weighted by Crippen LogP contribution is -2.38. The topological polar surface area (TPSA) is 74.5 Å². The van der Waals surface area contributed by atoms with Gasteiger partial charge in [0.05, 0.1) is 12.6 Å². The van der Waals surface area contributed by atoms with Crippen LogP contribution in [0.4, 0.5) is 0 Å². The number of rotatable bonds is 5. The highest BCUT2D eigenvalue weighted by molar-refractivity contribution is 5.77. The minimum atomic E-state index is -0.151. The standard InChI is InChI=1S/C19H31N5O2/c1-3-4-5-18(26)24-12-6-15(7-13-24)19-21-20-17(22(19)2)14-23-10-8-16(25)9-11-23/h3-4,15-16,25H,5-14H2,1-2H3/b4-3+. The number of allylic oxidation sites excluding steroid dienone is 1. The van der Waals surface area contributed by atoms with Crippen LogP contribution in [-0.4, -0.2) is 67.9 Å². The summed E-state index contributed by atoms with van der Waals surface area (Å²) in [4.78, 5) is 16.4. The molecule has 2 saturated heterocycles. The number of hydrogen-bond donors (Lipinski definition) is 1. The summed E-state index contributed by atoms with van der Waals surface area (Å²) in [5.41, 5.74) is 0. The van der Waals surface area contributed by atoms with Gasteiger partial charge in [0.2, 0.25) is 5.91 Å². The Kier molecular flexibility index (Phi) is 6.43. The Morgan fingerprint density at radius 2 is 1.85 bits per heavy atom. The first-order valence-electron chi connectivity index (χ1n) is 9.76. The van der Waals surface area contributed by atoms with E-state index in [9.17, 15) is 9.90 Å². The molecule has 0 bridgehead atoms. The normalized spacial score (nSPS) is 21.0. The van der Waals surface area contributed by atoms with Gasteiger partial charge >= 0.3 is 0 Å². The number of aliphatic hydroxyl groups excluding tert-OH is 1. The van der Waals surface area contributed by atoms with E-state index in [4.69, 9.17) is 0 Å².